The molecule has 0 unspecified atom stereocenters. The predicted molar refractivity (Wildman–Crippen MR) is 202 cm³/mol. The van der Waals surface area contributed by atoms with Crippen molar-refractivity contribution in [2.75, 3.05) is 4.90 Å². The molecule has 0 saturated carbocycles. The normalized spacial score (nSPS) is 11.8. The number of para-hydroxylation sites is 1. The van der Waals surface area contributed by atoms with E-state index in [1.807, 2.05) is 11.3 Å². The lowest BCUT2D eigenvalue weighted by Gasteiger charge is -2.29. The molecule has 10 rings (SSSR count). The third-order valence-electron chi connectivity index (χ3n) is 9.45. The number of nitrogens with zero attached hydrogens (tertiary/aromatic N) is 1. The number of furan rings is 1. The summed E-state index contributed by atoms with van der Waals surface area (Å²) in [7, 11) is 0. The highest BCUT2D eigenvalue weighted by atomic mass is 32.1. The van der Waals surface area contributed by atoms with E-state index in [-0.39, 0.29) is 0 Å². The molecule has 47 heavy (non-hydrogen) atoms. The first-order valence-electron chi connectivity index (χ1n) is 15.9. The molecule has 2 heterocycles. The minimum Gasteiger partial charge on any atom is -0.455 e. The Hall–Kier alpha value is -5.90. The number of rotatable bonds is 4. The molecule has 0 spiro atoms. The van der Waals surface area contributed by atoms with Crippen LogP contribution in [0.1, 0.15) is 0 Å². The molecule has 0 aliphatic heterocycles. The summed E-state index contributed by atoms with van der Waals surface area (Å²) >= 11 is 1.86. The summed E-state index contributed by atoms with van der Waals surface area (Å²) in [6.45, 7) is 0. The Morgan fingerprint density at radius 1 is 0.426 bits per heavy atom. The molecule has 0 saturated heterocycles. The van der Waals surface area contributed by atoms with Gasteiger partial charge in [-0.25, -0.2) is 0 Å². The SMILES string of the molecule is c1ccc(N(c2cccc3ccccc23)c2cccc3oc4c5ccccc5ccc4c23)c(-c2ccc3c(c2)sc2ccccc23)c1. The highest BCUT2D eigenvalue weighted by Crippen LogP contribution is 2.48. The Balaban J connectivity index is 1.28. The van der Waals surface area contributed by atoms with Gasteiger partial charge < -0.3 is 9.32 Å². The molecule has 0 aliphatic carbocycles. The van der Waals surface area contributed by atoms with Gasteiger partial charge in [-0.1, -0.05) is 121 Å². The van der Waals surface area contributed by atoms with Gasteiger partial charge in [0.2, 0.25) is 0 Å². The van der Waals surface area contributed by atoms with E-state index in [1.54, 1.807) is 0 Å². The number of benzene rings is 8. The van der Waals surface area contributed by atoms with Gasteiger partial charge in [-0.3, -0.25) is 0 Å². The lowest BCUT2D eigenvalue weighted by molar-refractivity contribution is 0.672. The molecule has 0 fully saturated rings. The fourth-order valence-corrected chi connectivity index (χ4v) is 8.47. The second-order valence-electron chi connectivity index (χ2n) is 12.1. The van der Waals surface area contributed by atoms with E-state index in [9.17, 15) is 0 Å². The van der Waals surface area contributed by atoms with E-state index in [0.717, 1.165) is 44.4 Å². The summed E-state index contributed by atoms with van der Waals surface area (Å²) in [4.78, 5) is 2.44. The van der Waals surface area contributed by atoms with Gasteiger partial charge in [0.25, 0.3) is 0 Å². The average molecular weight is 618 g/mol. The molecule has 0 amide bonds. The van der Waals surface area contributed by atoms with Gasteiger partial charge in [-0.15, -0.1) is 11.3 Å². The fraction of sp³-hybridized carbons (Fsp3) is 0. The number of anilines is 3. The lowest BCUT2D eigenvalue weighted by Crippen LogP contribution is -2.12. The van der Waals surface area contributed by atoms with E-state index in [0.29, 0.717) is 0 Å². The summed E-state index contributed by atoms with van der Waals surface area (Å²) in [5.74, 6) is 0. The van der Waals surface area contributed by atoms with Crippen molar-refractivity contribution in [2.24, 2.45) is 0 Å². The summed E-state index contributed by atoms with van der Waals surface area (Å²) in [6, 6.07) is 59.0. The quantitative estimate of drug-likeness (QED) is 0.195. The van der Waals surface area contributed by atoms with Crippen LogP contribution in [0.3, 0.4) is 0 Å². The number of fused-ring (bicyclic) bond motifs is 9. The van der Waals surface area contributed by atoms with Crippen molar-refractivity contribution in [2.45, 2.75) is 0 Å². The maximum Gasteiger partial charge on any atom is 0.143 e. The van der Waals surface area contributed by atoms with Crippen molar-refractivity contribution < 1.29 is 4.42 Å². The summed E-state index contributed by atoms with van der Waals surface area (Å²) < 4.78 is 9.29. The lowest BCUT2D eigenvalue weighted by atomic mass is 9.98. The average Bonchev–Trinajstić information content (AvgIpc) is 3.71. The molecule has 0 radical (unpaired) electrons. The van der Waals surface area contributed by atoms with Gasteiger partial charge in [0.1, 0.15) is 11.2 Å². The van der Waals surface area contributed by atoms with E-state index < -0.39 is 0 Å². The van der Waals surface area contributed by atoms with E-state index in [1.165, 1.54) is 47.5 Å². The van der Waals surface area contributed by atoms with Crippen LogP contribution in [-0.4, -0.2) is 0 Å². The van der Waals surface area contributed by atoms with Crippen LogP contribution in [0.4, 0.5) is 17.1 Å². The van der Waals surface area contributed by atoms with E-state index in [2.05, 4.69) is 169 Å². The zero-order valence-electron chi connectivity index (χ0n) is 25.4. The fourth-order valence-electron chi connectivity index (χ4n) is 7.32. The van der Waals surface area contributed by atoms with Crippen molar-refractivity contribution >= 4 is 92.1 Å². The van der Waals surface area contributed by atoms with Gasteiger partial charge >= 0.3 is 0 Å². The predicted octanol–water partition coefficient (Wildman–Crippen LogP) is 13.4. The van der Waals surface area contributed by atoms with E-state index in [4.69, 9.17) is 4.42 Å². The molecular weight excluding hydrogens is 591 g/mol. The Morgan fingerprint density at radius 2 is 1.06 bits per heavy atom. The summed E-state index contributed by atoms with van der Waals surface area (Å²) in [5, 5.41) is 9.54. The van der Waals surface area contributed by atoms with Gasteiger partial charge in [0, 0.05) is 41.9 Å². The Bertz CT molecular complexity index is 2820. The molecule has 220 valence electrons. The van der Waals surface area contributed by atoms with Crippen molar-refractivity contribution in [3.8, 4) is 11.1 Å². The van der Waals surface area contributed by atoms with Crippen LogP contribution in [0.2, 0.25) is 0 Å². The first-order chi connectivity index (χ1) is 23.3. The molecule has 2 aromatic heterocycles. The minimum absolute atomic E-state index is 0.878. The van der Waals surface area contributed by atoms with Crippen molar-refractivity contribution in [1.29, 1.82) is 0 Å². The molecule has 2 nitrogen and oxygen atoms in total. The largest absolute Gasteiger partial charge is 0.455 e. The van der Waals surface area contributed by atoms with Gasteiger partial charge in [-0.2, -0.15) is 0 Å². The van der Waals surface area contributed by atoms with Crippen LogP contribution >= 0.6 is 11.3 Å². The van der Waals surface area contributed by atoms with Crippen LogP contribution in [0, 0.1) is 0 Å². The molecule has 0 atom stereocenters. The smallest absolute Gasteiger partial charge is 0.143 e. The molecule has 3 heteroatoms. The molecule has 0 N–H and O–H groups in total. The molecule has 8 aromatic carbocycles. The molecule has 0 aliphatic rings. The zero-order valence-corrected chi connectivity index (χ0v) is 26.2. The Morgan fingerprint density at radius 3 is 1.98 bits per heavy atom. The molecule has 10 aromatic rings. The van der Waals surface area contributed by atoms with Gasteiger partial charge in [-0.05, 0) is 58.8 Å². The van der Waals surface area contributed by atoms with Crippen molar-refractivity contribution in [1.82, 2.24) is 0 Å². The monoisotopic (exact) mass is 617 g/mol. The van der Waals surface area contributed by atoms with Crippen molar-refractivity contribution in [3.63, 3.8) is 0 Å². The molecule has 0 bridgehead atoms. The van der Waals surface area contributed by atoms with Crippen LogP contribution in [0.15, 0.2) is 168 Å². The first kappa shape index (κ1) is 26.3. The van der Waals surface area contributed by atoms with Gasteiger partial charge in [0.15, 0.2) is 0 Å². The minimum atomic E-state index is 0.878. The second-order valence-corrected chi connectivity index (χ2v) is 13.2. The van der Waals surface area contributed by atoms with Gasteiger partial charge in [0.05, 0.1) is 22.4 Å². The second kappa shape index (κ2) is 10.3. The van der Waals surface area contributed by atoms with Crippen LogP contribution in [0.25, 0.3) is 74.8 Å². The highest BCUT2D eigenvalue weighted by molar-refractivity contribution is 7.25. The standard InChI is InChI=1S/C44H27NOS/c1-3-14-31-28(11-1)13-9-19-38(31)45(39-20-10-21-40-43(39)36-26-23-29-12-2-4-16-33(29)44(36)46-40)37-18-7-5-15-32(37)30-24-25-35-34-17-6-8-22-41(34)47-42(35)27-30/h1-27H. The summed E-state index contributed by atoms with van der Waals surface area (Å²) in [5.41, 5.74) is 7.50. The van der Waals surface area contributed by atoms with Crippen molar-refractivity contribution in [3.05, 3.63) is 164 Å². The highest BCUT2D eigenvalue weighted by Gasteiger charge is 2.24. The number of hydrogen-bond donors (Lipinski definition) is 0. The van der Waals surface area contributed by atoms with E-state index >= 15 is 0 Å². The number of hydrogen-bond acceptors (Lipinski definition) is 3. The third-order valence-corrected chi connectivity index (χ3v) is 10.6. The number of thiophene rings is 1. The third kappa shape index (κ3) is 4.04. The summed E-state index contributed by atoms with van der Waals surface area (Å²) in [6.07, 6.45) is 0. The maximum atomic E-state index is 6.68. The Kier molecular flexibility index (Phi) is 5.78. The topological polar surface area (TPSA) is 16.4 Å². The Labute approximate surface area is 275 Å². The maximum absolute atomic E-state index is 6.68. The van der Waals surface area contributed by atoms with Crippen LogP contribution in [0.5, 0.6) is 0 Å². The zero-order chi connectivity index (χ0) is 30.9. The van der Waals surface area contributed by atoms with Crippen LogP contribution in [-0.2, 0) is 0 Å². The molecular formula is C44H27NOS. The van der Waals surface area contributed by atoms with Crippen LogP contribution < -0.4 is 4.90 Å². The first-order valence-corrected chi connectivity index (χ1v) is 16.7.